The van der Waals surface area contributed by atoms with Gasteiger partial charge in [-0.3, -0.25) is 10.2 Å². The third-order valence-electron chi connectivity index (χ3n) is 2.97. The molecular weight excluding hydrogens is 354 g/mol. The number of sulfonamides is 1. The maximum absolute atomic E-state index is 13.6. The molecule has 2 rings (SSSR count). The first-order valence-electron chi connectivity index (χ1n) is 7.23. The predicted molar refractivity (Wildman–Crippen MR) is 86.4 cm³/mol. The highest BCUT2D eigenvalue weighted by Gasteiger charge is 2.20. The summed E-state index contributed by atoms with van der Waals surface area (Å²) in [6.45, 7) is 3.70. The zero-order chi connectivity index (χ0) is 18.6. The number of hydrogen-bond donors (Lipinski definition) is 2. The van der Waals surface area contributed by atoms with E-state index in [0.29, 0.717) is 11.8 Å². The summed E-state index contributed by atoms with van der Waals surface area (Å²) >= 11 is 0. The van der Waals surface area contributed by atoms with E-state index in [9.17, 15) is 22.0 Å². The minimum Gasteiger partial charge on any atom is -0.491 e. The van der Waals surface area contributed by atoms with Gasteiger partial charge in [0.25, 0.3) is 15.9 Å². The average Bonchev–Trinajstić information content (AvgIpc) is 2.52. The van der Waals surface area contributed by atoms with Gasteiger partial charge in [-0.2, -0.15) is 0 Å². The number of benzene rings is 2. The van der Waals surface area contributed by atoms with Gasteiger partial charge in [-0.05, 0) is 50.2 Å². The molecule has 9 heteroatoms. The van der Waals surface area contributed by atoms with Gasteiger partial charge in [0.05, 0.1) is 6.10 Å². The summed E-state index contributed by atoms with van der Waals surface area (Å²) in [5.74, 6) is -2.37. The smallest absolute Gasteiger partial charge is 0.266 e. The van der Waals surface area contributed by atoms with Gasteiger partial charge in [0.2, 0.25) is 0 Å². The van der Waals surface area contributed by atoms with E-state index in [2.05, 4.69) is 0 Å². The summed E-state index contributed by atoms with van der Waals surface area (Å²) in [5.41, 5.74) is 2.13. The van der Waals surface area contributed by atoms with Crippen LogP contribution < -0.4 is 15.0 Å². The fourth-order valence-corrected chi connectivity index (χ4v) is 2.79. The van der Waals surface area contributed by atoms with E-state index >= 15 is 0 Å². The van der Waals surface area contributed by atoms with E-state index in [1.54, 1.807) is 17.0 Å². The van der Waals surface area contributed by atoms with Gasteiger partial charge in [-0.15, -0.1) is 4.83 Å². The van der Waals surface area contributed by atoms with E-state index in [-0.39, 0.29) is 11.7 Å². The topological polar surface area (TPSA) is 84.5 Å². The van der Waals surface area contributed by atoms with Crippen LogP contribution in [0.1, 0.15) is 24.2 Å². The number of hydrazine groups is 1. The zero-order valence-corrected chi connectivity index (χ0v) is 14.2. The SMILES string of the molecule is CC(C)Oc1ccc(C(=O)NNS(=O)(=O)c2ccc(F)cc2F)cc1. The molecule has 0 aromatic heterocycles. The minimum atomic E-state index is -4.38. The third kappa shape index (κ3) is 4.97. The molecular formula is C16H16F2N2O4S. The van der Waals surface area contributed by atoms with Crippen LogP contribution in [-0.2, 0) is 10.0 Å². The van der Waals surface area contributed by atoms with Crippen LogP contribution in [0.4, 0.5) is 8.78 Å². The van der Waals surface area contributed by atoms with Crippen LogP contribution in [0.2, 0.25) is 0 Å². The van der Waals surface area contributed by atoms with Gasteiger partial charge in [0.15, 0.2) is 0 Å². The number of halogens is 2. The van der Waals surface area contributed by atoms with E-state index < -0.39 is 32.5 Å². The van der Waals surface area contributed by atoms with E-state index in [1.807, 2.05) is 19.3 Å². The number of carbonyl (C=O) groups is 1. The Kier molecular flexibility index (Phi) is 5.70. The summed E-state index contributed by atoms with van der Waals surface area (Å²) < 4.78 is 55.8. The fourth-order valence-electron chi connectivity index (χ4n) is 1.89. The first-order chi connectivity index (χ1) is 11.7. The first kappa shape index (κ1) is 18.8. The lowest BCUT2D eigenvalue weighted by Gasteiger charge is -2.11. The molecule has 0 radical (unpaired) electrons. The summed E-state index contributed by atoms with van der Waals surface area (Å²) in [6.07, 6.45) is -0.0305. The molecule has 2 aromatic carbocycles. The Balaban J connectivity index is 2.05. The van der Waals surface area contributed by atoms with Crippen molar-refractivity contribution in [2.24, 2.45) is 0 Å². The minimum absolute atomic E-state index is 0.0305. The Bertz CT molecular complexity index is 868. The molecule has 0 unspecified atom stereocenters. The van der Waals surface area contributed by atoms with Crippen LogP contribution >= 0.6 is 0 Å². The number of hydrogen-bond acceptors (Lipinski definition) is 4. The second kappa shape index (κ2) is 7.58. The van der Waals surface area contributed by atoms with Crippen molar-refractivity contribution < 1.29 is 26.7 Å². The highest BCUT2D eigenvalue weighted by molar-refractivity contribution is 7.89. The lowest BCUT2D eigenvalue weighted by molar-refractivity contribution is 0.0945. The van der Waals surface area contributed by atoms with Gasteiger partial charge in [-0.25, -0.2) is 17.2 Å². The molecule has 134 valence electrons. The molecule has 0 saturated heterocycles. The second-order valence-corrected chi connectivity index (χ2v) is 6.98. The van der Waals surface area contributed by atoms with Crippen molar-refractivity contribution >= 4 is 15.9 Å². The van der Waals surface area contributed by atoms with Crippen LogP contribution in [0.3, 0.4) is 0 Å². The summed E-state index contributed by atoms with van der Waals surface area (Å²) in [4.78, 5) is 12.9. The Morgan fingerprint density at radius 1 is 1.08 bits per heavy atom. The van der Waals surface area contributed by atoms with Crippen molar-refractivity contribution in [2.45, 2.75) is 24.8 Å². The average molecular weight is 370 g/mol. The molecule has 6 nitrogen and oxygen atoms in total. The molecule has 0 bridgehead atoms. The maximum Gasteiger partial charge on any atom is 0.266 e. The Hall–Kier alpha value is -2.52. The van der Waals surface area contributed by atoms with Crippen LogP contribution in [0, 0.1) is 11.6 Å². The van der Waals surface area contributed by atoms with Gasteiger partial charge < -0.3 is 4.74 Å². The third-order valence-corrected chi connectivity index (χ3v) is 4.25. The number of ether oxygens (including phenoxy) is 1. The molecule has 0 fully saturated rings. The highest BCUT2D eigenvalue weighted by atomic mass is 32.2. The van der Waals surface area contributed by atoms with Crippen molar-refractivity contribution in [3.05, 3.63) is 59.7 Å². The van der Waals surface area contributed by atoms with Gasteiger partial charge >= 0.3 is 0 Å². The molecule has 1 amide bonds. The molecule has 0 heterocycles. The summed E-state index contributed by atoms with van der Waals surface area (Å²) in [6, 6.07) is 8.00. The van der Waals surface area contributed by atoms with Crippen molar-refractivity contribution in [1.29, 1.82) is 0 Å². The molecule has 0 atom stereocenters. The summed E-state index contributed by atoms with van der Waals surface area (Å²) in [5, 5.41) is 0. The zero-order valence-electron chi connectivity index (χ0n) is 13.4. The van der Waals surface area contributed by atoms with E-state index in [1.165, 1.54) is 12.1 Å². The lowest BCUT2D eigenvalue weighted by atomic mass is 10.2. The van der Waals surface area contributed by atoms with Gasteiger partial charge in [0, 0.05) is 11.6 Å². The Labute approximate surface area is 143 Å². The van der Waals surface area contributed by atoms with Crippen molar-refractivity contribution in [3.63, 3.8) is 0 Å². The normalized spacial score (nSPS) is 11.4. The van der Waals surface area contributed by atoms with Crippen molar-refractivity contribution in [2.75, 3.05) is 0 Å². The predicted octanol–water partition coefficient (Wildman–Crippen LogP) is 2.38. The second-order valence-electron chi connectivity index (χ2n) is 5.33. The maximum atomic E-state index is 13.6. The van der Waals surface area contributed by atoms with E-state index in [4.69, 9.17) is 4.74 Å². The molecule has 0 aliphatic heterocycles. The van der Waals surface area contributed by atoms with Crippen LogP contribution in [-0.4, -0.2) is 20.4 Å². The lowest BCUT2D eigenvalue weighted by Crippen LogP contribution is -2.41. The molecule has 2 N–H and O–H groups in total. The largest absolute Gasteiger partial charge is 0.491 e. The monoisotopic (exact) mass is 370 g/mol. The Morgan fingerprint density at radius 2 is 1.72 bits per heavy atom. The van der Waals surface area contributed by atoms with Crippen LogP contribution in [0.15, 0.2) is 47.4 Å². The molecule has 2 aromatic rings. The first-order valence-corrected chi connectivity index (χ1v) is 8.71. The molecule has 0 spiro atoms. The highest BCUT2D eigenvalue weighted by Crippen LogP contribution is 2.15. The molecule has 0 aliphatic rings. The van der Waals surface area contributed by atoms with Gasteiger partial charge in [-0.1, -0.05) is 0 Å². The number of rotatable bonds is 6. The number of carbonyl (C=O) groups excluding carboxylic acids is 1. The molecule has 0 saturated carbocycles. The van der Waals surface area contributed by atoms with Crippen LogP contribution in [0.25, 0.3) is 0 Å². The standard InChI is InChI=1S/C16H16F2N2O4S/c1-10(2)24-13-6-3-11(4-7-13)16(21)19-20-25(22,23)15-8-5-12(17)9-14(15)18/h3-10,20H,1-2H3,(H,19,21). The fraction of sp³-hybridized carbons (Fsp3) is 0.188. The van der Waals surface area contributed by atoms with Crippen LogP contribution in [0.5, 0.6) is 5.75 Å². The molecule has 0 aliphatic carbocycles. The van der Waals surface area contributed by atoms with Gasteiger partial charge in [0.1, 0.15) is 22.3 Å². The number of nitrogens with one attached hydrogen (secondary N) is 2. The van der Waals surface area contributed by atoms with Crippen molar-refractivity contribution in [3.8, 4) is 5.75 Å². The van der Waals surface area contributed by atoms with E-state index in [0.717, 1.165) is 12.1 Å². The number of amides is 1. The quantitative estimate of drug-likeness (QED) is 0.765. The Morgan fingerprint density at radius 3 is 2.28 bits per heavy atom. The molecule has 25 heavy (non-hydrogen) atoms. The summed E-state index contributed by atoms with van der Waals surface area (Å²) in [7, 11) is -4.38. The van der Waals surface area contributed by atoms with Crippen molar-refractivity contribution in [1.82, 2.24) is 10.3 Å².